The number of hydrogen-bond donors (Lipinski definition) is 2. The summed E-state index contributed by atoms with van der Waals surface area (Å²) in [5, 5.41) is 2.80. The molecule has 3 heterocycles. The summed E-state index contributed by atoms with van der Waals surface area (Å²) in [6.45, 7) is 4.39. The van der Waals surface area contributed by atoms with Gasteiger partial charge in [0.1, 0.15) is 5.82 Å². The van der Waals surface area contributed by atoms with Crippen LogP contribution in [0.3, 0.4) is 0 Å². The van der Waals surface area contributed by atoms with E-state index in [0.717, 1.165) is 49.3 Å². The van der Waals surface area contributed by atoms with Gasteiger partial charge in [-0.2, -0.15) is 0 Å². The molecule has 0 bridgehead atoms. The first-order chi connectivity index (χ1) is 12.6. The SMILES string of the molecule is CCC(CCNCC(F)F)c1nc2nccc(C3=CCN(C)CC3)c2[nH]1. The molecule has 0 saturated carbocycles. The summed E-state index contributed by atoms with van der Waals surface area (Å²) >= 11 is 0. The molecule has 0 spiro atoms. The minimum atomic E-state index is -2.31. The van der Waals surface area contributed by atoms with Gasteiger partial charge in [-0.15, -0.1) is 0 Å². The molecule has 0 aromatic carbocycles. The monoisotopic (exact) mass is 363 g/mol. The molecule has 0 fully saturated rings. The summed E-state index contributed by atoms with van der Waals surface area (Å²) in [6, 6.07) is 2.05. The first-order valence-electron chi connectivity index (χ1n) is 9.30. The van der Waals surface area contributed by atoms with Gasteiger partial charge in [0.25, 0.3) is 6.43 Å². The van der Waals surface area contributed by atoms with Crippen molar-refractivity contribution < 1.29 is 8.78 Å². The van der Waals surface area contributed by atoms with Gasteiger partial charge in [-0.1, -0.05) is 13.0 Å². The van der Waals surface area contributed by atoms with Gasteiger partial charge in [0, 0.05) is 30.8 Å². The summed E-state index contributed by atoms with van der Waals surface area (Å²) < 4.78 is 24.5. The van der Waals surface area contributed by atoms with Crippen molar-refractivity contribution in [3.05, 3.63) is 29.7 Å². The molecule has 2 aromatic heterocycles. The fourth-order valence-electron chi connectivity index (χ4n) is 3.43. The number of rotatable bonds is 8. The average Bonchev–Trinajstić information content (AvgIpc) is 3.06. The van der Waals surface area contributed by atoms with Crippen LogP contribution in [0.2, 0.25) is 0 Å². The molecule has 7 heteroatoms. The van der Waals surface area contributed by atoms with E-state index < -0.39 is 6.43 Å². The van der Waals surface area contributed by atoms with E-state index in [1.807, 2.05) is 12.3 Å². The van der Waals surface area contributed by atoms with Crippen LogP contribution in [0.4, 0.5) is 8.78 Å². The van der Waals surface area contributed by atoms with E-state index in [1.54, 1.807) is 0 Å². The number of imidazole rings is 1. The van der Waals surface area contributed by atoms with E-state index in [9.17, 15) is 8.78 Å². The van der Waals surface area contributed by atoms with Crippen LogP contribution in [0.5, 0.6) is 0 Å². The summed E-state index contributed by atoms with van der Waals surface area (Å²) in [7, 11) is 2.12. The Morgan fingerprint density at radius 2 is 2.23 bits per heavy atom. The number of likely N-dealkylation sites (N-methyl/N-ethyl adjacent to an activating group) is 1. The van der Waals surface area contributed by atoms with E-state index in [1.165, 1.54) is 11.1 Å². The molecule has 2 aromatic rings. The quantitative estimate of drug-likeness (QED) is 0.706. The Bertz CT molecular complexity index is 755. The van der Waals surface area contributed by atoms with Crippen molar-refractivity contribution in [1.29, 1.82) is 0 Å². The fourth-order valence-corrected chi connectivity index (χ4v) is 3.43. The van der Waals surface area contributed by atoms with Gasteiger partial charge in [-0.25, -0.2) is 18.7 Å². The summed E-state index contributed by atoms with van der Waals surface area (Å²) in [5.74, 6) is 1.10. The normalized spacial score (nSPS) is 17.0. The second-order valence-corrected chi connectivity index (χ2v) is 6.91. The maximum atomic E-state index is 12.3. The predicted octanol–water partition coefficient (Wildman–Crippen LogP) is 3.42. The molecule has 5 nitrogen and oxygen atoms in total. The second-order valence-electron chi connectivity index (χ2n) is 6.91. The van der Waals surface area contributed by atoms with Crippen LogP contribution in [-0.4, -0.2) is 59.5 Å². The van der Waals surface area contributed by atoms with E-state index in [4.69, 9.17) is 0 Å². The number of hydrogen-bond acceptors (Lipinski definition) is 4. The van der Waals surface area contributed by atoms with Gasteiger partial charge in [0.2, 0.25) is 0 Å². The van der Waals surface area contributed by atoms with E-state index in [2.05, 4.69) is 45.2 Å². The highest BCUT2D eigenvalue weighted by Crippen LogP contribution is 2.29. The number of nitrogens with one attached hydrogen (secondary N) is 2. The van der Waals surface area contributed by atoms with Crippen LogP contribution in [0.25, 0.3) is 16.7 Å². The molecule has 1 aliphatic heterocycles. The number of fused-ring (bicyclic) bond motifs is 1. The van der Waals surface area contributed by atoms with Gasteiger partial charge in [-0.3, -0.25) is 0 Å². The molecule has 0 aliphatic carbocycles. The summed E-state index contributed by atoms with van der Waals surface area (Å²) in [6.07, 6.45) is 4.46. The molecule has 0 saturated heterocycles. The zero-order chi connectivity index (χ0) is 18.5. The third kappa shape index (κ3) is 4.45. The number of halogens is 2. The number of H-pyrrole nitrogens is 1. The number of nitrogens with zero attached hydrogens (tertiary/aromatic N) is 3. The highest BCUT2D eigenvalue weighted by molar-refractivity contribution is 5.87. The Morgan fingerprint density at radius 3 is 2.92 bits per heavy atom. The van der Waals surface area contributed by atoms with Crippen molar-refractivity contribution in [2.24, 2.45) is 0 Å². The lowest BCUT2D eigenvalue weighted by Gasteiger charge is -2.22. The van der Waals surface area contributed by atoms with Crippen molar-refractivity contribution in [2.45, 2.75) is 38.5 Å². The van der Waals surface area contributed by atoms with Crippen molar-refractivity contribution in [3.63, 3.8) is 0 Å². The van der Waals surface area contributed by atoms with Gasteiger partial charge in [0.05, 0.1) is 12.1 Å². The molecule has 142 valence electrons. The largest absolute Gasteiger partial charge is 0.340 e. The number of alkyl halides is 2. The lowest BCUT2D eigenvalue weighted by Crippen LogP contribution is -2.23. The Kier molecular flexibility index (Phi) is 6.32. The molecule has 3 rings (SSSR count). The first-order valence-corrected chi connectivity index (χ1v) is 9.30. The fraction of sp³-hybridized carbons (Fsp3) is 0.579. The van der Waals surface area contributed by atoms with Gasteiger partial charge in [0.15, 0.2) is 5.65 Å². The standard InChI is InChI=1S/C19H27F2N5/c1-3-13(4-8-22-12-16(20)21)18-24-17-15(5-9-23-19(17)25-18)14-6-10-26(2)11-7-14/h5-6,9,13,16,22H,3-4,7-8,10-12H2,1-2H3,(H,23,24,25). The second kappa shape index (κ2) is 8.68. The highest BCUT2D eigenvalue weighted by Gasteiger charge is 2.18. The zero-order valence-corrected chi connectivity index (χ0v) is 15.4. The molecular formula is C19H27F2N5. The molecule has 1 atom stereocenters. The molecular weight excluding hydrogens is 336 g/mol. The molecule has 1 aliphatic rings. The highest BCUT2D eigenvalue weighted by atomic mass is 19.3. The first kappa shape index (κ1) is 18.9. The van der Waals surface area contributed by atoms with Crippen molar-refractivity contribution in [2.75, 3.05) is 33.2 Å². The van der Waals surface area contributed by atoms with Crippen LogP contribution in [0, 0.1) is 0 Å². The Balaban J connectivity index is 1.78. The molecule has 1 unspecified atom stereocenters. The van der Waals surface area contributed by atoms with Crippen LogP contribution in [0.1, 0.15) is 43.5 Å². The lowest BCUT2D eigenvalue weighted by atomic mass is 9.99. The lowest BCUT2D eigenvalue weighted by molar-refractivity contribution is 0.146. The number of pyridine rings is 1. The van der Waals surface area contributed by atoms with Gasteiger partial charge < -0.3 is 15.2 Å². The van der Waals surface area contributed by atoms with Crippen LogP contribution >= 0.6 is 0 Å². The van der Waals surface area contributed by atoms with Crippen LogP contribution in [0.15, 0.2) is 18.3 Å². The number of aromatic amines is 1. The third-order valence-corrected chi connectivity index (χ3v) is 5.02. The molecule has 0 amide bonds. The number of aromatic nitrogens is 3. The predicted molar refractivity (Wildman–Crippen MR) is 101 cm³/mol. The minimum Gasteiger partial charge on any atom is -0.340 e. The maximum absolute atomic E-state index is 12.3. The minimum absolute atomic E-state index is 0.202. The van der Waals surface area contributed by atoms with Crippen LogP contribution in [-0.2, 0) is 0 Å². The van der Waals surface area contributed by atoms with Crippen molar-refractivity contribution in [1.82, 2.24) is 25.2 Å². The van der Waals surface area contributed by atoms with Crippen molar-refractivity contribution >= 4 is 16.7 Å². The Morgan fingerprint density at radius 1 is 1.38 bits per heavy atom. The Hall–Kier alpha value is -1.86. The van der Waals surface area contributed by atoms with Gasteiger partial charge >= 0.3 is 0 Å². The molecule has 2 N–H and O–H groups in total. The van der Waals surface area contributed by atoms with E-state index >= 15 is 0 Å². The Labute approximate surface area is 152 Å². The van der Waals surface area contributed by atoms with Crippen LogP contribution < -0.4 is 5.32 Å². The third-order valence-electron chi connectivity index (χ3n) is 5.02. The summed E-state index contributed by atoms with van der Waals surface area (Å²) in [5.41, 5.74) is 4.22. The van der Waals surface area contributed by atoms with E-state index in [0.29, 0.717) is 6.54 Å². The average molecular weight is 363 g/mol. The molecule has 0 radical (unpaired) electrons. The summed E-state index contributed by atoms with van der Waals surface area (Å²) in [4.78, 5) is 14.9. The smallest absolute Gasteiger partial charge is 0.250 e. The topological polar surface area (TPSA) is 56.8 Å². The maximum Gasteiger partial charge on any atom is 0.250 e. The molecule has 26 heavy (non-hydrogen) atoms. The zero-order valence-electron chi connectivity index (χ0n) is 15.4. The van der Waals surface area contributed by atoms with E-state index in [-0.39, 0.29) is 12.5 Å². The van der Waals surface area contributed by atoms with Crippen molar-refractivity contribution in [3.8, 4) is 0 Å². The van der Waals surface area contributed by atoms with Gasteiger partial charge in [-0.05, 0) is 44.5 Å².